The Balaban J connectivity index is 2.67. The molecule has 2 amide bonds. The topological polar surface area (TPSA) is 225 Å². The zero-order valence-electron chi connectivity index (χ0n) is 16.8. The number of hydrogen-bond donors (Lipinski definition) is 5. The fourth-order valence-corrected chi connectivity index (χ4v) is 3.20. The summed E-state index contributed by atoms with van der Waals surface area (Å²) in [5, 5.41) is 25.4. The molecule has 0 fully saturated rings. The largest absolute Gasteiger partial charge is 0.480 e. The Bertz CT molecular complexity index is 902. The molecule has 2 atom stereocenters. The molecule has 13 nitrogen and oxygen atoms in total. The molecule has 0 saturated carbocycles. The van der Waals surface area contributed by atoms with E-state index in [0.717, 1.165) is 11.8 Å². The molecule has 0 aromatic heterocycles. The van der Waals surface area contributed by atoms with Crippen molar-refractivity contribution in [3.05, 3.63) is 40.3 Å². The highest BCUT2D eigenvalue weighted by atomic mass is 32.2. The summed E-state index contributed by atoms with van der Waals surface area (Å²) >= 11 is 1.04. The van der Waals surface area contributed by atoms with Gasteiger partial charge in [-0.25, -0.2) is 0 Å². The van der Waals surface area contributed by atoms with Crippen LogP contribution < -0.4 is 16.4 Å². The highest BCUT2D eigenvalue weighted by Gasteiger charge is 2.23. The summed E-state index contributed by atoms with van der Waals surface area (Å²) in [6, 6.07) is 3.53. The van der Waals surface area contributed by atoms with Gasteiger partial charge in [0.25, 0.3) is 0 Å². The first-order valence-corrected chi connectivity index (χ1v) is 10.3. The minimum atomic E-state index is -1.28. The monoisotopic (exact) mass is 466 g/mol. The van der Waals surface area contributed by atoms with Crippen LogP contribution in [0.2, 0.25) is 0 Å². The van der Waals surface area contributed by atoms with Gasteiger partial charge in [-0.15, -0.1) is 0 Å². The fourth-order valence-electron chi connectivity index (χ4n) is 2.26. The maximum absolute atomic E-state index is 12.3. The lowest BCUT2D eigenvalue weighted by Gasteiger charge is -2.18. The number of azide groups is 1. The van der Waals surface area contributed by atoms with Crippen molar-refractivity contribution in [1.82, 2.24) is 10.6 Å². The molecule has 14 heteroatoms. The summed E-state index contributed by atoms with van der Waals surface area (Å²) < 4.78 is 0. The van der Waals surface area contributed by atoms with E-state index in [2.05, 4.69) is 20.7 Å². The van der Waals surface area contributed by atoms with Crippen molar-refractivity contribution in [3.8, 4) is 0 Å². The van der Waals surface area contributed by atoms with Crippen LogP contribution in [0.25, 0.3) is 10.4 Å². The number of nitrogens with two attached hydrogens (primary N) is 1. The Morgan fingerprint density at radius 2 is 1.81 bits per heavy atom. The van der Waals surface area contributed by atoms with Crippen molar-refractivity contribution in [2.45, 2.75) is 24.9 Å². The molecule has 0 aliphatic heterocycles. The van der Waals surface area contributed by atoms with E-state index in [-0.39, 0.29) is 30.1 Å². The quantitative estimate of drug-likeness (QED) is 0.111. The summed E-state index contributed by atoms with van der Waals surface area (Å²) in [4.78, 5) is 60.6. The molecular weight excluding hydrogens is 444 g/mol. The second-order valence-corrected chi connectivity index (χ2v) is 7.42. The van der Waals surface area contributed by atoms with Gasteiger partial charge >= 0.3 is 11.9 Å². The predicted molar refractivity (Wildman–Crippen MR) is 114 cm³/mol. The third kappa shape index (κ3) is 9.93. The Labute approximate surface area is 186 Å². The van der Waals surface area contributed by atoms with Crippen molar-refractivity contribution in [2.75, 3.05) is 18.1 Å². The first-order valence-electron chi connectivity index (χ1n) is 9.17. The van der Waals surface area contributed by atoms with Crippen LogP contribution in [0.3, 0.4) is 0 Å². The summed E-state index contributed by atoms with van der Waals surface area (Å²) in [7, 11) is 0. The molecule has 0 heterocycles. The minimum absolute atomic E-state index is 0.0370. The molecular formula is C18H22N6O7S. The number of nitrogens with zero attached hydrogens (tertiary/aromatic N) is 3. The number of carbonyl (C=O) groups is 5. The van der Waals surface area contributed by atoms with Crippen LogP contribution >= 0.6 is 11.8 Å². The summed E-state index contributed by atoms with van der Waals surface area (Å²) in [5.41, 5.74) is 14.4. The molecule has 1 rings (SSSR count). The van der Waals surface area contributed by atoms with Gasteiger partial charge in [-0.2, -0.15) is 11.8 Å². The van der Waals surface area contributed by atoms with Gasteiger partial charge in [-0.05, 0) is 12.0 Å². The number of rotatable bonds is 14. The first-order chi connectivity index (χ1) is 15.1. The van der Waals surface area contributed by atoms with E-state index in [1.54, 1.807) is 0 Å². The van der Waals surface area contributed by atoms with Gasteiger partial charge in [0.2, 0.25) is 11.8 Å². The van der Waals surface area contributed by atoms with Crippen molar-refractivity contribution in [3.63, 3.8) is 0 Å². The van der Waals surface area contributed by atoms with Crippen molar-refractivity contribution >= 4 is 47.0 Å². The average molecular weight is 466 g/mol. The second-order valence-electron chi connectivity index (χ2n) is 6.39. The molecule has 1 aromatic rings. The Morgan fingerprint density at radius 3 is 2.38 bits per heavy atom. The van der Waals surface area contributed by atoms with Gasteiger partial charge in [0, 0.05) is 28.3 Å². The van der Waals surface area contributed by atoms with Gasteiger partial charge in [0.1, 0.15) is 18.6 Å². The van der Waals surface area contributed by atoms with Crippen LogP contribution in [0.15, 0.2) is 29.4 Å². The van der Waals surface area contributed by atoms with Crippen LogP contribution in [0.5, 0.6) is 0 Å². The van der Waals surface area contributed by atoms with Crippen LogP contribution in [0.4, 0.5) is 5.69 Å². The molecule has 0 aliphatic rings. The van der Waals surface area contributed by atoms with Crippen LogP contribution in [-0.4, -0.2) is 69.9 Å². The molecule has 0 spiro atoms. The van der Waals surface area contributed by atoms with Crippen molar-refractivity contribution < 1.29 is 34.2 Å². The zero-order chi connectivity index (χ0) is 24.1. The van der Waals surface area contributed by atoms with E-state index in [9.17, 15) is 24.0 Å². The average Bonchev–Trinajstić information content (AvgIpc) is 2.75. The van der Waals surface area contributed by atoms with E-state index < -0.39 is 42.4 Å². The third-order valence-corrected chi connectivity index (χ3v) is 4.97. The number of hydrogen-bond acceptors (Lipinski definition) is 8. The number of aliphatic carboxylic acids is 2. The molecule has 1 aromatic carbocycles. The number of Topliss-reactive ketones (excluding diaryl/α,β-unsaturated/α-hetero) is 1. The summed E-state index contributed by atoms with van der Waals surface area (Å²) in [5.74, 6) is -4.29. The number of thioether (sulfide) groups is 1. The van der Waals surface area contributed by atoms with Gasteiger partial charge in [-0.1, -0.05) is 29.4 Å². The predicted octanol–water partition coefficient (Wildman–Crippen LogP) is 0.422. The molecule has 0 radical (unpaired) electrons. The molecule has 0 aliphatic carbocycles. The maximum Gasteiger partial charge on any atom is 0.322 e. The Kier molecular flexibility index (Phi) is 11.3. The number of nitrogens with one attached hydrogen (secondary N) is 2. The summed E-state index contributed by atoms with van der Waals surface area (Å²) in [6.07, 6.45) is -0.403. The standard InChI is InChI=1S/C18H22N6O7S/c19-12(18(30)31)5-6-15(26)22-13(17(29)21-7-16(27)28)8-32-9-14(25)10-1-3-11(4-2-10)23-24-20/h1-4,12-13H,5-9,19H2,(H,21,29)(H,22,26)(H,27,28)(H,30,31). The number of benzene rings is 1. The van der Waals surface area contributed by atoms with E-state index >= 15 is 0 Å². The van der Waals surface area contributed by atoms with Gasteiger partial charge in [0.15, 0.2) is 5.78 Å². The number of amides is 2. The van der Waals surface area contributed by atoms with Crippen molar-refractivity contribution in [1.29, 1.82) is 0 Å². The molecule has 6 N–H and O–H groups in total. The molecule has 0 saturated heterocycles. The minimum Gasteiger partial charge on any atom is -0.480 e. The number of carboxylic acids is 2. The number of carbonyl (C=O) groups excluding carboxylic acids is 3. The highest BCUT2D eigenvalue weighted by Crippen LogP contribution is 2.15. The van der Waals surface area contributed by atoms with E-state index in [1.807, 2.05) is 0 Å². The van der Waals surface area contributed by atoms with Crippen molar-refractivity contribution in [2.24, 2.45) is 10.8 Å². The second kappa shape index (κ2) is 13.6. The lowest BCUT2D eigenvalue weighted by Crippen LogP contribution is -2.49. The van der Waals surface area contributed by atoms with Gasteiger partial charge < -0.3 is 26.6 Å². The van der Waals surface area contributed by atoms with E-state index in [1.165, 1.54) is 24.3 Å². The highest BCUT2D eigenvalue weighted by molar-refractivity contribution is 8.00. The fraction of sp³-hybridized carbons (Fsp3) is 0.389. The van der Waals surface area contributed by atoms with E-state index in [0.29, 0.717) is 11.3 Å². The smallest absolute Gasteiger partial charge is 0.322 e. The molecule has 172 valence electrons. The normalized spacial score (nSPS) is 12.0. The molecule has 0 bridgehead atoms. The first kappa shape index (κ1) is 26.4. The lowest BCUT2D eigenvalue weighted by atomic mass is 10.1. The Hall–Kier alpha value is -3.61. The Morgan fingerprint density at radius 1 is 1.16 bits per heavy atom. The molecule has 32 heavy (non-hydrogen) atoms. The SMILES string of the molecule is [N-]=[N+]=Nc1ccc(C(=O)CSCC(NC(=O)CCC(N)C(=O)O)C(=O)NCC(=O)O)cc1. The molecule has 2 unspecified atom stereocenters. The van der Waals surface area contributed by atoms with E-state index in [4.69, 9.17) is 21.5 Å². The zero-order valence-corrected chi connectivity index (χ0v) is 17.6. The maximum atomic E-state index is 12.3. The van der Waals surface area contributed by atoms with Crippen LogP contribution in [-0.2, 0) is 19.2 Å². The summed E-state index contributed by atoms with van der Waals surface area (Å²) in [6.45, 7) is -0.657. The van der Waals surface area contributed by atoms with Crippen LogP contribution in [0, 0.1) is 0 Å². The van der Waals surface area contributed by atoms with Crippen LogP contribution in [0.1, 0.15) is 23.2 Å². The number of carboxylic acid groups (broad SMARTS) is 2. The third-order valence-electron chi connectivity index (χ3n) is 3.93. The van der Waals surface area contributed by atoms with Gasteiger partial charge in [0.05, 0.1) is 5.75 Å². The lowest BCUT2D eigenvalue weighted by molar-refractivity contribution is -0.139. The number of ketones is 1. The van der Waals surface area contributed by atoms with Gasteiger partial charge in [-0.3, -0.25) is 24.0 Å².